The van der Waals surface area contributed by atoms with Crippen molar-refractivity contribution in [1.82, 2.24) is 14.5 Å². The number of imidazole rings is 1. The van der Waals surface area contributed by atoms with Crippen molar-refractivity contribution in [1.29, 1.82) is 0 Å². The zero-order valence-corrected chi connectivity index (χ0v) is 15.6. The van der Waals surface area contributed by atoms with Crippen molar-refractivity contribution in [2.75, 3.05) is 33.4 Å². The molecule has 1 aromatic heterocycles. The van der Waals surface area contributed by atoms with Gasteiger partial charge in [-0.25, -0.2) is 4.98 Å². The van der Waals surface area contributed by atoms with Crippen LogP contribution in [0.3, 0.4) is 0 Å². The lowest BCUT2D eigenvalue weighted by Gasteiger charge is -2.18. The zero-order valence-electron chi connectivity index (χ0n) is 15.6. The Morgan fingerprint density at radius 3 is 2.88 bits per heavy atom. The molecule has 1 aliphatic rings. The van der Waals surface area contributed by atoms with Gasteiger partial charge in [0.2, 0.25) is 0 Å². The van der Waals surface area contributed by atoms with Crippen LogP contribution in [0, 0.1) is 6.92 Å². The number of aryl methyl sites for hydroxylation is 1. The number of amides is 1. The van der Waals surface area contributed by atoms with Crippen LogP contribution in [0.4, 0.5) is 0 Å². The molecule has 6 heteroatoms. The minimum Gasteiger partial charge on any atom is -0.484 e. The van der Waals surface area contributed by atoms with Crippen LogP contribution >= 0.6 is 0 Å². The molecule has 1 saturated heterocycles. The SMILES string of the molecule is COCCCn1c(C)cnc1C1CCN(C(=O)COc2ccccc2)C1. The van der Waals surface area contributed by atoms with Crippen LogP contribution < -0.4 is 4.74 Å². The highest BCUT2D eigenvalue weighted by atomic mass is 16.5. The van der Waals surface area contributed by atoms with Crippen molar-refractivity contribution in [3.05, 3.63) is 48.0 Å². The maximum atomic E-state index is 12.5. The molecule has 2 aromatic rings. The van der Waals surface area contributed by atoms with Gasteiger partial charge in [0.1, 0.15) is 11.6 Å². The molecule has 1 aliphatic heterocycles. The summed E-state index contributed by atoms with van der Waals surface area (Å²) in [6.45, 7) is 5.26. The monoisotopic (exact) mass is 357 g/mol. The molecular formula is C20H27N3O3. The van der Waals surface area contributed by atoms with Crippen molar-refractivity contribution in [3.63, 3.8) is 0 Å². The third-order valence-corrected chi connectivity index (χ3v) is 4.83. The average molecular weight is 357 g/mol. The predicted molar refractivity (Wildman–Crippen MR) is 99.3 cm³/mol. The van der Waals surface area contributed by atoms with Gasteiger partial charge < -0.3 is 18.9 Å². The van der Waals surface area contributed by atoms with E-state index in [1.165, 1.54) is 0 Å². The van der Waals surface area contributed by atoms with Gasteiger partial charge in [-0.3, -0.25) is 4.79 Å². The van der Waals surface area contributed by atoms with Gasteiger partial charge in [-0.15, -0.1) is 0 Å². The van der Waals surface area contributed by atoms with Crippen molar-refractivity contribution in [3.8, 4) is 5.75 Å². The van der Waals surface area contributed by atoms with E-state index in [-0.39, 0.29) is 18.4 Å². The standard InChI is InChI=1S/C20H27N3O3/c1-16-13-21-20(23(16)10-6-12-25-2)17-9-11-22(14-17)19(24)15-26-18-7-4-3-5-8-18/h3-5,7-8,13,17H,6,9-12,14-15H2,1-2H3. The van der Waals surface area contributed by atoms with Gasteiger partial charge in [-0.05, 0) is 31.9 Å². The number of nitrogens with zero attached hydrogens (tertiary/aromatic N) is 3. The number of para-hydroxylation sites is 1. The molecule has 0 radical (unpaired) electrons. The molecule has 0 bridgehead atoms. The third-order valence-electron chi connectivity index (χ3n) is 4.83. The van der Waals surface area contributed by atoms with Crippen LogP contribution in [-0.4, -0.2) is 53.8 Å². The molecule has 0 N–H and O–H groups in total. The Bertz CT molecular complexity index is 714. The van der Waals surface area contributed by atoms with Crippen molar-refractivity contribution in [2.24, 2.45) is 0 Å². The number of ether oxygens (including phenoxy) is 2. The second-order valence-corrected chi connectivity index (χ2v) is 6.68. The van der Waals surface area contributed by atoms with Gasteiger partial charge in [-0.2, -0.15) is 0 Å². The van der Waals surface area contributed by atoms with E-state index in [1.807, 2.05) is 41.4 Å². The molecule has 2 heterocycles. The fraction of sp³-hybridized carbons (Fsp3) is 0.500. The first-order valence-electron chi connectivity index (χ1n) is 9.15. The Kier molecular flexibility index (Phi) is 6.28. The Morgan fingerprint density at radius 2 is 2.12 bits per heavy atom. The molecule has 26 heavy (non-hydrogen) atoms. The first kappa shape index (κ1) is 18.5. The van der Waals surface area contributed by atoms with Gasteiger partial charge in [0, 0.05) is 51.2 Å². The largest absolute Gasteiger partial charge is 0.484 e. The number of carbonyl (C=O) groups excluding carboxylic acids is 1. The van der Waals surface area contributed by atoms with Crippen LogP contribution in [-0.2, 0) is 16.1 Å². The quantitative estimate of drug-likeness (QED) is 0.682. The van der Waals surface area contributed by atoms with E-state index in [1.54, 1.807) is 7.11 Å². The highest BCUT2D eigenvalue weighted by Gasteiger charge is 2.30. The first-order valence-corrected chi connectivity index (χ1v) is 9.15. The fourth-order valence-corrected chi connectivity index (χ4v) is 3.41. The highest BCUT2D eigenvalue weighted by molar-refractivity contribution is 5.78. The predicted octanol–water partition coefficient (Wildman–Crippen LogP) is 2.62. The molecule has 1 atom stereocenters. The lowest BCUT2D eigenvalue weighted by molar-refractivity contribution is -0.132. The van der Waals surface area contributed by atoms with E-state index in [9.17, 15) is 4.79 Å². The average Bonchev–Trinajstić information content (AvgIpc) is 3.28. The number of hydrogen-bond acceptors (Lipinski definition) is 4. The van der Waals surface area contributed by atoms with E-state index in [0.29, 0.717) is 6.54 Å². The van der Waals surface area contributed by atoms with Crippen LogP contribution in [0.2, 0.25) is 0 Å². The maximum absolute atomic E-state index is 12.5. The molecule has 1 amide bonds. The summed E-state index contributed by atoms with van der Waals surface area (Å²) in [4.78, 5) is 19.0. The molecule has 1 unspecified atom stereocenters. The Hall–Kier alpha value is -2.34. The summed E-state index contributed by atoms with van der Waals surface area (Å²) in [6, 6.07) is 9.45. The van der Waals surface area contributed by atoms with Gasteiger partial charge >= 0.3 is 0 Å². The van der Waals surface area contributed by atoms with Crippen LogP contribution in [0.5, 0.6) is 5.75 Å². The smallest absolute Gasteiger partial charge is 0.260 e. The Morgan fingerprint density at radius 1 is 1.31 bits per heavy atom. The number of rotatable bonds is 8. The third kappa shape index (κ3) is 4.43. The van der Waals surface area contributed by atoms with Gasteiger partial charge in [-0.1, -0.05) is 18.2 Å². The number of hydrogen-bond donors (Lipinski definition) is 0. The molecule has 140 valence electrons. The highest BCUT2D eigenvalue weighted by Crippen LogP contribution is 2.27. The van der Waals surface area contributed by atoms with Crippen molar-refractivity contribution < 1.29 is 14.3 Å². The summed E-state index contributed by atoms with van der Waals surface area (Å²) in [5.41, 5.74) is 1.16. The summed E-state index contributed by atoms with van der Waals surface area (Å²) < 4.78 is 13.0. The molecule has 0 spiro atoms. The minimum absolute atomic E-state index is 0.0329. The first-order chi connectivity index (χ1) is 12.7. The summed E-state index contributed by atoms with van der Waals surface area (Å²) in [6.07, 6.45) is 3.82. The van der Waals surface area contributed by atoms with Crippen LogP contribution in [0.1, 0.15) is 30.3 Å². The maximum Gasteiger partial charge on any atom is 0.260 e. The van der Waals surface area contributed by atoms with E-state index in [2.05, 4.69) is 16.5 Å². The molecule has 1 fully saturated rings. The molecule has 6 nitrogen and oxygen atoms in total. The summed E-state index contributed by atoms with van der Waals surface area (Å²) in [5.74, 6) is 2.12. The van der Waals surface area contributed by atoms with Crippen molar-refractivity contribution >= 4 is 5.91 Å². The van der Waals surface area contributed by atoms with E-state index >= 15 is 0 Å². The number of carbonyl (C=O) groups is 1. The van der Waals surface area contributed by atoms with Gasteiger partial charge in [0.15, 0.2) is 6.61 Å². The second kappa shape index (κ2) is 8.85. The lowest BCUT2D eigenvalue weighted by atomic mass is 10.1. The van der Waals surface area contributed by atoms with Crippen LogP contribution in [0.15, 0.2) is 36.5 Å². The minimum atomic E-state index is 0.0329. The zero-order chi connectivity index (χ0) is 18.4. The van der Waals surface area contributed by atoms with E-state index in [4.69, 9.17) is 9.47 Å². The molecule has 1 aromatic carbocycles. The Labute approximate surface area is 154 Å². The molecular weight excluding hydrogens is 330 g/mol. The summed E-state index contributed by atoms with van der Waals surface area (Å²) >= 11 is 0. The fourth-order valence-electron chi connectivity index (χ4n) is 3.41. The molecule has 0 saturated carbocycles. The Balaban J connectivity index is 1.56. The topological polar surface area (TPSA) is 56.6 Å². The van der Waals surface area contributed by atoms with Gasteiger partial charge in [0.05, 0.1) is 0 Å². The number of methoxy groups -OCH3 is 1. The normalized spacial score (nSPS) is 16.8. The van der Waals surface area contributed by atoms with E-state index in [0.717, 1.165) is 49.8 Å². The van der Waals surface area contributed by atoms with E-state index < -0.39 is 0 Å². The van der Waals surface area contributed by atoms with Gasteiger partial charge in [0.25, 0.3) is 5.91 Å². The lowest BCUT2D eigenvalue weighted by Crippen LogP contribution is -2.33. The van der Waals surface area contributed by atoms with Crippen LogP contribution in [0.25, 0.3) is 0 Å². The number of benzene rings is 1. The summed E-state index contributed by atoms with van der Waals surface area (Å²) in [7, 11) is 1.72. The molecule has 3 rings (SSSR count). The number of aromatic nitrogens is 2. The second-order valence-electron chi connectivity index (χ2n) is 6.68. The summed E-state index contributed by atoms with van der Waals surface area (Å²) in [5, 5.41) is 0. The molecule has 0 aliphatic carbocycles. The van der Waals surface area contributed by atoms with Crippen molar-refractivity contribution in [2.45, 2.75) is 32.2 Å². The number of likely N-dealkylation sites (tertiary alicyclic amines) is 1.